The Morgan fingerprint density at radius 1 is 1.10 bits per heavy atom. The highest BCUT2D eigenvalue weighted by molar-refractivity contribution is 6.10. The summed E-state index contributed by atoms with van der Waals surface area (Å²) in [6.07, 6.45) is 0.104. The summed E-state index contributed by atoms with van der Waals surface area (Å²) in [6, 6.07) is 17.3. The van der Waals surface area contributed by atoms with Crippen LogP contribution in [0.5, 0.6) is 0 Å². The second-order valence-corrected chi connectivity index (χ2v) is 8.74. The van der Waals surface area contributed by atoms with Gasteiger partial charge in [0.1, 0.15) is 6.04 Å². The van der Waals surface area contributed by atoms with Gasteiger partial charge < -0.3 is 9.47 Å². The van der Waals surface area contributed by atoms with Gasteiger partial charge in [0.15, 0.2) is 5.78 Å². The van der Waals surface area contributed by atoms with E-state index in [1.165, 1.54) is 12.0 Å². The Bertz CT molecular complexity index is 939. The van der Waals surface area contributed by atoms with E-state index in [-0.39, 0.29) is 11.7 Å². The third kappa shape index (κ3) is 3.04. The number of Topliss-reactive ketones (excluding diaryl/α,β-unsaturated/α-hetero) is 1. The van der Waals surface area contributed by atoms with E-state index in [1.807, 2.05) is 68.4 Å². The summed E-state index contributed by atoms with van der Waals surface area (Å²) in [5.41, 5.74) is 1.99. The number of carbonyl (C=O) groups is 2. The number of hydrogen-bond donors (Lipinski definition) is 0. The Labute approximate surface area is 171 Å². The number of carbonyl (C=O) groups excluding carboxylic acids is 2. The maximum atomic E-state index is 13.2. The van der Waals surface area contributed by atoms with E-state index in [0.717, 1.165) is 16.8 Å². The van der Waals surface area contributed by atoms with Crippen LogP contribution in [0.25, 0.3) is 0 Å². The normalized spacial score (nSPS) is 25.2. The zero-order valence-corrected chi connectivity index (χ0v) is 17.3. The molecule has 0 aromatic heterocycles. The van der Waals surface area contributed by atoms with Gasteiger partial charge in [-0.2, -0.15) is 0 Å². The summed E-state index contributed by atoms with van der Waals surface area (Å²) < 4.78 is 11.2. The maximum absolute atomic E-state index is 13.2. The van der Waals surface area contributed by atoms with Crippen molar-refractivity contribution >= 4 is 17.6 Å². The lowest BCUT2D eigenvalue weighted by Crippen LogP contribution is -2.68. The van der Waals surface area contributed by atoms with Crippen LogP contribution in [-0.4, -0.2) is 30.6 Å². The molecule has 3 atom stereocenters. The third-order valence-corrected chi connectivity index (χ3v) is 6.45. The second-order valence-electron chi connectivity index (χ2n) is 8.74. The largest absolute Gasteiger partial charge is 0.452 e. The summed E-state index contributed by atoms with van der Waals surface area (Å²) >= 11 is 0. The molecule has 1 saturated carbocycles. The quantitative estimate of drug-likeness (QED) is 0.751. The number of ketones is 1. The monoisotopic (exact) mass is 393 g/mol. The average molecular weight is 393 g/mol. The van der Waals surface area contributed by atoms with Crippen molar-refractivity contribution in [1.82, 2.24) is 0 Å². The van der Waals surface area contributed by atoms with Crippen molar-refractivity contribution in [2.45, 2.75) is 50.9 Å². The fraction of sp³-hybridized carbons (Fsp3) is 0.417. The predicted molar refractivity (Wildman–Crippen MR) is 111 cm³/mol. The number of rotatable bonds is 5. The van der Waals surface area contributed by atoms with Gasteiger partial charge in [-0.3, -0.25) is 9.69 Å². The molecule has 1 fully saturated rings. The van der Waals surface area contributed by atoms with Crippen molar-refractivity contribution in [2.24, 2.45) is 5.92 Å². The van der Waals surface area contributed by atoms with E-state index in [9.17, 15) is 9.59 Å². The molecular formula is C24H27NO4. The van der Waals surface area contributed by atoms with Crippen LogP contribution >= 0.6 is 0 Å². The molecule has 0 saturated heterocycles. The van der Waals surface area contributed by atoms with Crippen LogP contribution in [0.1, 0.15) is 38.3 Å². The van der Waals surface area contributed by atoms with Crippen LogP contribution in [0.2, 0.25) is 0 Å². The molecule has 5 heteroatoms. The van der Waals surface area contributed by atoms with Gasteiger partial charge in [0, 0.05) is 11.3 Å². The molecule has 0 spiro atoms. The molecule has 1 aliphatic carbocycles. The molecule has 1 heterocycles. The topological polar surface area (TPSA) is 55.8 Å². The number of fused-ring (bicyclic) bond motifs is 3. The van der Waals surface area contributed by atoms with E-state index >= 15 is 0 Å². The molecule has 0 radical (unpaired) electrons. The predicted octanol–water partition coefficient (Wildman–Crippen LogP) is 4.48. The maximum Gasteiger partial charge on any atom is 0.414 e. The summed E-state index contributed by atoms with van der Waals surface area (Å²) in [7, 11) is 1.35. The number of hydrogen-bond acceptors (Lipinski definition) is 4. The van der Waals surface area contributed by atoms with Gasteiger partial charge in [-0.15, -0.1) is 0 Å². The first kappa shape index (κ1) is 19.6. The van der Waals surface area contributed by atoms with Crippen molar-refractivity contribution in [3.63, 3.8) is 0 Å². The van der Waals surface area contributed by atoms with Crippen LogP contribution in [-0.2, 0) is 26.3 Å². The fourth-order valence-corrected chi connectivity index (χ4v) is 4.90. The number of benzene rings is 2. The first-order valence-electron chi connectivity index (χ1n) is 9.98. The van der Waals surface area contributed by atoms with Crippen LogP contribution in [0.15, 0.2) is 54.6 Å². The summed E-state index contributed by atoms with van der Waals surface area (Å²) in [5.74, 6) is -0.139. The number of ether oxygens (including phenoxy) is 2. The molecule has 1 aliphatic heterocycles. The highest BCUT2D eigenvalue weighted by atomic mass is 16.5. The Hall–Kier alpha value is -2.66. The van der Waals surface area contributed by atoms with E-state index < -0.39 is 23.2 Å². The highest BCUT2D eigenvalue weighted by Gasteiger charge is 2.68. The van der Waals surface area contributed by atoms with E-state index in [1.54, 1.807) is 0 Å². The lowest BCUT2D eigenvalue weighted by atomic mass is 9.53. The average Bonchev–Trinajstić information content (AvgIpc) is 2.98. The number of para-hydroxylation sites is 1. The lowest BCUT2D eigenvalue weighted by Gasteiger charge is -2.52. The molecule has 5 nitrogen and oxygen atoms in total. The molecule has 2 aliphatic rings. The van der Waals surface area contributed by atoms with Crippen molar-refractivity contribution in [2.75, 3.05) is 12.0 Å². The number of nitrogens with zero attached hydrogens (tertiary/aromatic N) is 1. The van der Waals surface area contributed by atoms with Crippen LogP contribution in [0, 0.1) is 5.92 Å². The number of amides is 1. The molecule has 2 aromatic rings. The van der Waals surface area contributed by atoms with E-state index in [4.69, 9.17) is 9.47 Å². The number of methoxy groups -OCH3 is 1. The Balaban J connectivity index is 1.57. The van der Waals surface area contributed by atoms with E-state index in [2.05, 4.69) is 6.92 Å². The van der Waals surface area contributed by atoms with Gasteiger partial charge in [0.05, 0.1) is 25.0 Å². The molecule has 29 heavy (non-hydrogen) atoms. The highest BCUT2D eigenvalue weighted by Crippen LogP contribution is 2.59. The van der Waals surface area contributed by atoms with Gasteiger partial charge in [-0.25, -0.2) is 4.79 Å². The minimum absolute atomic E-state index is 0.0745. The van der Waals surface area contributed by atoms with Gasteiger partial charge in [0.2, 0.25) is 0 Å². The van der Waals surface area contributed by atoms with Crippen LogP contribution in [0.4, 0.5) is 10.5 Å². The zero-order chi connectivity index (χ0) is 20.8. The molecule has 152 valence electrons. The van der Waals surface area contributed by atoms with Crippen molar-refractivity contribution in [3.8, 4) is 0 Å². The molecule has 4 rings (SSSR count). The Morgan fingerprint density at radius 3 is 2.45 bits per heavy atom. The first-order chi connectivity index (χ1) is 13.8. The van der Waals surface area contributed by atoms with Crippen molar-refractivity contribution < 1.29 is 19.1 Å². The SMILES string of the molecule is COC(=O)N1c2ccccc2[C@@]2(C)[C@@H]1C(=O)[C@@H]2CC(C)(C)OCc1ccccc1. The fourth-order valence-electron chi connectivity index (χ4n) is 4.90. The van der Waals surface area contributed by atoms with Gasteiger partial charge in [0.25, 0.3) is 0 Å². The minimum atomic E-state index is -0.512. The Morgan fingerprint density at radius 2 is 1.76 bits per heavy atom. The summed E-state index contributed by atoms with van der Waals surface area (Å²) in [4.78, 5) is 27.1. The molecular weight excluding hydrogens is 366 g/mol. The van der Waals surface area contributed by atoms with Gasteiger partial charge >= 0.3 is 6.09 Å². The van der Waals surface area contributed by atoms with Crippen molar-refractivity contribution in [1.29, 1.82) is 0 Å². The molecule has 1 amide bonds. The summed E-state index contributed by atoms with van der Waals surface area (Å²) in [5, 5.41) is 0. The lowest BCUT2D eigenvalue weighted by molar-refractivity contribution is -0.144. The van der Waals surface area contributed by atoms with Crippen molar-refractivity contribution in [3.05, 3.63) is 65.7 Å². The zero-order valence-electron chi connectivity index (χ0n) is 17.3. The van der Waals surface area contributed by atoms with Crippen LogP contribution in [0.3, 0.4) is 0 Å². The standard InChI is InChI=1S/C24H27NO4/c1-23(2,29-15-16-10-6-5-7-11-16)14-18-20(26)21-24(18,3)17-12-8-9-13-19(17)25(21)22(27)28-4/h5-13,18,21H,14-15H2,1-4H3/t18-,21-,24+/m0/s1. The molecule has 2 aromatic carbocycles. The smallest absolute Gasteiger partial charge is 0.414 e. The second kappa shape index (κ2) is 6.99. The minimum Gasteiger partial charge on any atom is -0.452 e. The molecule has 0 bridgehead atoms. The van der Waals surface area contributed by atoms with Gasteiger partial charge in [-0.05, 0) is 37.5 Å². The number of anilines is 1. The van der Waals surface area contributed by atoms with E-state index in [0.29, 0.717) is 13.0 Å². The first-order valence-corrected chi connectivity index (χ1v) is 9.98. The molecule has 0 unspecified atom stereocenters. The van der Waals surface area contributed by atoms with Crippen LogP contribution < -0.4 is 4.90 Å². The molecule has 0 N–H and O–H groups in total. The third-order valence-electron chi connectivity index (χ3n) is 6.45. The van der Waals surface area contributed by atoms with Gasteiger partial charge in [-0.1, -0.05) is 55.5 Å². The summed E-state index contributed by atoms with van der Waals surface area (Å²) in [6.45, 7) is 6.64. The Kier molecular flexibility index (Phi) is 4.74.